The molecule has 1 aliphatic heterocycles. The fraction of sp³-hybridized carbons (Fsp3) is 1.00. The van der Waals surface area contributed by atoms with Gasteiger partial charge in [0, 0.05) is 19.3 Å². The molecule has 0 aromatic carbocycles. The molecule has 0 spiro atoms. The highest BCUT2D eigenvalue weighted by Gasteiger charge is 2.35. The molecule has 18 heavy (non-hydrogen) atoms. The van der Waals surface area contributed by atoms with E-state index >= 15 is 0 Å². The lowest BCUT2D eigenvalue weighted by Crippen LogP contribution is -2.47. The molecule has 2 rings (SSSR count). The molecular formula is C16H31NO. The van der Waals surface area contributed by atoms with Gasteiger partial charge in [-0.1, -0.05) is 39.5 Å². The molecule has 0 aromatic heterocycles. The molecule has 106 valence electrons. The number of rotatable bonds is 5. The normalized spacial score (nSPS) is 32.3. The summed E-state index contributed by atoms with van der Waals surface area (Å²) in [6.07, 6.45) is 9.73. The molecule has 3 unspecified atom stereocenters. The molecule has 2 aliphatic rings. The van der Waals surface area contributed by atoms with Gasteiger partial charge in [-0.2, -0.15) is 0 Å². The molecule has 1 aliphatic carbocycles. The largest absolute Gasteiger partial charge is 0.381 e. The van der Waals surface area contributed by atoms with Crippen LogP contribution in [0.25, 0.3) is 0 Å². The van der Waals surface area contributed by atoms with Crippen molar-refractivity contribution in [3.05, 3.63) is 0 Å². The van der Waals surface area contributed by atoms with E-state index in [0.29, 0.717) is 0 Å². The zero-order chi connectivity index (χ0) is 12.8. The van der Waals surface area contributed by atoms with E-state index < -0.39 is 0 Å². The van der Waals surface area contributed by atoms with Crippen molar-refractivity contribution < 1.29 is 4.74 Å². The minimum atomic E-state index is 0.754. The predicted octanol–water partition coefficient (Wildman–Crippen LogP) is 3.61. The van der Waals surface area contributed by atoms with Crippen LogP contribution in [0.3, 0.4) is 0 Å². The van der Waals surface area contributed by atoms with Gasteiger partial charge in [-0.15, -0.1) is 0 Å². The Morgan fingerprint density at radius 1 is 1.06 bits per heavy atom. The first-order chi connectivity index (χ1) is 8.86. The summed E-state index contributed by atoms with van der Waals surface area (Å²) in [6, 6.07) is 0.754. The lowest BCUT2D eigenvalue weighted by Gasteiger charge is -2.42. The van der Waals surface area contributed by atoms with Crippen LogP contribution < -0.4 is 5.32 Å². The van der Waals surface area contributed by atoms with E-state index in [1.807, 2.05) is 0 Å². The minimum Gasteiger partial charge on any atom is -0.381 e. The Kier molecular flexibility index (Phi) is 5.97. The van der Waals surface area contributed by atoms with Gasteiger partial charge < -0.3 is 10.1 Å². The molecule has 1 saturated carbocycles. The van der Waals surface area contributed by atoms with Gasteiger partial charge in [-0.3, -0.25) is 0 Å². The van der Waals surface area contributed by atoms with Crippen molar-refractivity contribution in [1.29, 1.82) is 0 Å². The summed E-state index contributed by atoms with van der Waals surface area (Å²) in [7, 11) is 0. The Morgan fingerprint density at radius 2 is 1.78 bits per heavy atom. The van der Waals surface area contributed by atoms with Crippen LogP contribution in [-0.4, -0.2) is 25.8 Å². The van der Waals surface area contributed by atoms with E-state index in [0.717, 1.165) is 43.6 Å². The maximum Gasteiger partial charge on any atom is 0.0469 e. The second-order valence-corrected chi connectivity index (χ2v) is 6.15. The second-order valence-electron chi connectivity index (χ2n) is 6.15. The molecule has 0 radical (unpaired) electrons. The number of nitrogens with one attached hydrogen (secondary N) is 1. The fourth-order valence-corrected chi connectivity index (χ4v) is 4.19. The monoisotopic (exact) mass is 253 g/mol. The SMILES string of the molecule is CCNC(C1CCOCC1)C1CCCCC1CC. The van der Waals surface area contributed by atoms with Crippen LogP contribution in [0, 0.1) is 17.8 Å². The average Bonchev–Trinajstić information content (AvgIpc) is 2.46. The van der Waals surface area contributed by atoms with E-state index in [4.69, 9.17) is 4.74 Å². The first kappa shape index (κ1) is 14.3. The van der Waals surface area contributed by atoms with Crippen molar-refractivity contribution in [3.8, 4) is 0 Å². The van der Waals surface area contributed by atoms with Crippen LogP contribution in [0.15, 0.2) is 0 Å². The topological polar surface area (TPSA) is 21.3 Å². The summed E-state index contributed by atoms with van der Waals surface area (Å²) in [5, 5.41) is 3.83. The van der Waals surface area contributed by atoms with Crippen LogP contribution in [0.5, 0.6) is 0 Å². The van der Waals surface area contributed by atoms with Crippen LogP contribution in [0.1, 0.15) is 58.8 Å². The van der Waals surface area contributed by atoms with E-state index in [1.165, 1.54) is 44.9 Å². The van der Waals surface area contributed by atoms with Gasteiger partial charge in [-0.05, 0) is 43.6 Å². The predicted molar refractivity (Wildman–Crippen MR) is 76.7 cm³/mol. The second kappa shape index (κ2) is 7.49. The third kappa shape index (κ3) is 3.48. The standard InChI is InChI=1S/C16H31NO/c1-3-13-7-5-6-8-15(13)16(17-4-2)14-9-11-18-12-10-14/h13-17H,3-12H2,1-2H3. The van der Waals surface area contributed by atoms with Gasteiger partial charge in [0.05, 0.1) is 0 Å². The molecule has 2 heteroatoms. The van der Waals surface area contributed by atoms with E-state index in [2.05, 4.69) is 19.2 Å². The van der Waals surface area contributed by atoms with Crippen molar-refractivity contribution in [2.75, 3.05) is 19.8 Å². The van der Waals surface area contributed by atoms with E-state index in [1.54, 1.807) is 0 Å². The average molecular weight is 253 g/mol. The lowest BCUT2D eigenvalue weighted by molar-refractivity contribution is 0.0312. The maximum absolute atomic E-state index is 5.54. The van der Waals surface area contributed by atoms with Crippen molar-refractivity contribution in [1.82, 2.24) is 5.32 Å². The Balaban J connectivity index is 2.01. The summed E-state index contributed by atoms with van der Waals surface area (Å²) in [5.74, 6) is 2.74. The van der Waals surface area contributed by atoms with Crippen LogP contribution in [0.4, 0.5) is 0 Å². The van der Waals surface area contributed by atoms with Crippen LogP contribution >= 0.6 is 0 Å². The maximum atomic E-state index is 5.54. The van der Waals surface area contributed by atoms with Crippen LogP contribution in [-0.2, 0) is 4.74 Å². The summed E-state index contributed by atoms with van der Waals surface area (Å²) in [5.41, 5.74) is 0. The molecule has 1 N–H and O–H groups in total. The van der Waals surface area contributed by atoms with Crippen molar-refractivity contribution in [2.24, 2.45) is 17.8 Å². The Bertz CT molecular complexity index is 225. The fourth-order valence-electron chi connectivity index (χ4n) is 4.19. The molecule has 2 nitrogen and oxygen atoms in total. The van der Waals surface area contributed by atoms with E-state index in [9.17, 15) is 0 Å². The lowest BCUT2D eigenvalue weighted by atomic mass is 9.69. The third-order valence-corrected chi connectivity index (χ3v) is 5.17. The zero-order valence-electron chi connectivity index (χ0n) is 12.3. The van der Waals surface area contributed by atoms with Gasteiger partial charge in [0.2, 0.25) is 0 Å². The Morgan fingerprint density at radius 3 is 2.44 bits per heavy atom. The Labute approximate surface area is 113 Å². The number of ether oxygens (including phenoxy) is 1. The highest BCUT2D eigenvalue weighted by molar-refractivity contribution is 4.89. The molecule has 3 atom stereocenters. The highest BCUT2D eigenvalue weighted by Crippen LogP contribution is 2.38. The van der Waals surface area contributed by atoms with Gasteiger partial charge >= 0.3 is 0 Å². The third-order valence-electron chi connectivity index (χ3n) is 5.17. The molecular weight excluding hydrogens is 222 g/mol. The molecule has 1 saturated heterocycles. The quantitative estimate of drug-likeness (QED) is 0.808. The molecule has 0 amide bonds. The Hall–Kier alpha value is -0.0800. The van der Waals surface area contributed by atoms with Gasteiger partial charge in [-0.25, -0.2) is 0 Å². The first-order valence-corrected chi connectivity index (χ1v) is 8.18. The highest BCUT2D eigenvalue weighted by atomic mass is 16.5. The summed E-state index contributed by atoms with van der Waals surface area (Å²) in [6.45, 7) is 7.73. The number of hydrogen-bond acceptors (Lipinski definition) is 2. The molecule has 1 heterocycles. The summed E-state index contributed by atoms with van der Waals surface area (Å²) < 4.78 is 5.54. The minimum absolute atomic E-state index is 0.754. The van der Waals surface area contributed by atoms with Gasteiger partial charge in [0.1, 0.15) is 0 Å². The molecule has 2 fully saturated rings. The van der Waals surface area contributed by atoms with Crippen molar-refractivity contribution in [2.45, 2.75) is 64.8 Å². The zero-order valence-corrected chi connectivity index (χ0v) is 12.3. The summed E-state index contributed by atoms with van der Waals surface area (Å²) >= 11 is 0. The molecule has 0 bridgehead atoms. The van der Waals surface area contributed by atoms with Gasteiger partial charge in [0.15, 0.2) is 0 Å². The van der Waals surface area contributed by atoms with E-state index in [-0.39, 0.29) is 0 Å². The smallest absolute Gasteiger partial charge is 0.0469 e. The first-order valence-electron chi connectivity index (χ1n) is 8.18. The number of hydrogen-bond donors (Lipinski definition) is 1. The molecule has 0 aromatic rings. The summed E-state index contributed by atoms with van der Waals surface area (Å²) in [4.78, 5) is 0. The van der Waals surface area contributed by atoms with Crippen molar-refractivity contribution in [3.63, 3.8) is 0 Å². The van der Waals surface area contributed by atoms with Crippen LogP contribution in [0.2, 0.25) is 0 Å². The van der Waals surface area contributed by atoms with Crippen molar-refractivity contribution >= 4 is 0 Å². The van der Waals surface area contributed by atoms with Gasteiger partial charge in [0.25, 0.3) is 0 Å².